The molecule has 0 amide bonds. The van der Waals surface area contributed by atoms with Gasteiger partial charge in [-0.1, -0.05) is 17.3 Å². The third-order valence-electron chi connectivity index (χ3n) is 6.67. The molecule has 0 bridgehead atoms. The average Bonchev–Trinajstić information content (AvgIpc) is 3.22. The molecule has 0 spiro atoms. The Morgan fingerprint density at radius 2 is 1.68 bits per heavy atom. The van der Waals surface area contributed by atoms with Gasteiger partial charge in [0.25, 0.3) is 0 Å². The summed E-state index contributed by atoms with van der Waals surface area (Å²) in [7, 11) is 4.73. The van der Waals surface area contributed by atoms with Gasteiger partial charge in [-0.15, -0.1) is 0 Å². The topological polar surface area (TPSA) is 103 Å². The van der Waals surface area contributed by atoms with Crippen molar-refractivity contribution < 1.29 is 28.6 Å². The van der Waals surface area contributed by atoms with Crippen LogP contribution >= 0.6 is 0 Å². The van der Waals surface area contributed by atoms with E-state index in [1.807, 2.05) is 25.1 Å². The normalized spacial score (nSPS) is 19.2. The number of aryl methyl sites for hydroxylation is 1. The predicted octanol–water partition coefficient (Wildman–Crippen LogP) is 4.67. The van der Waals surface area contributed by atoms with E-state index >= 15 is 0 Å². The number of aromatic hydroxyl groups is 1. The van der Waals surface area contributed by atoms with Crippen molar-refractivity contribution in [3.63, 3.8) is 0 Å². The molecule has 0 saturated carbocycles. The van der Waals surface area contributed by atoms with Gasteiger partial charge in [0.1, 0.15) is 11.5 Å². The highest BCUT2D eigenvalue weighted by Crippen LogP contribution is 2.52. The Morgan fingerprint density at radius 3 is 2.35 bits per heavy atom. The number of ether oxygens (including phenoxy) is 3. The molecule has 0 radical (unpaired) electrons. The molecule has 1 aliphatic carbocycles. The molecule has 2 aliphatic rings. The van der Waals surface area contributed by atoms with E-state index in [2.05, 4.69) is 10.5 Å². The molecule has 3 aromatic rings. The highest BCUT2D eigenvalue weighted by molar-refractivity contribution is 6.01. The third kappa shape index (κ3) is 3.46. The number of ketones is 1. The lowest BCUT2D eigenvalue weighted by Crippen LogP contribution is -2.29. The maximum atomic E-state index is 13.7. The third-order valence-corrected chi connectivity index (χ3v) is 6.67. The molecule has 2 heterocycles. The number of hydrogen-bond acceptors (Lipinski definition) is 8. The Bertz CT molecular complexity index is 1290. The number of anilines is 1. The van der Waals surface area contributed by atoms with E-state index in [1.54, 1.807) is 39.5 Å². The molecule has 5 rings (SSSR count). The summed E-state index contributed by atoms with van der Waals surface area (Å²) in [6.07, 6.45) is 0.980. The number of hydrogen-bond donors (Lipinski definition) is 2. The summed E-state index contributed by atoms with van der Waals surface area (Å²) in [4.78, 5) is 13.7. The van der Waals surface area contributed by atoms with Gasteiger partial charge in [0, 0.05) is 29.3 Å². The molecule has 0 saturated heterocycles. The Labute approximate surface area is 197 Å². The summed E-state index contributed by atoms with van der Waals surface area (Å²) in [5, 5.41) is 17.2. The average molecular weight is 463 g/mol. The molecule has 2 N–H and O–H groups in total. The number of benzene rings is 2. The number of phenolic OH excluding ortho intramolecular Hbond substituents is 1. The van der Waals surface area contributed by atoms with Crippen LogP contribution in [-0.4, -0.2) is 37.4 Å². The van der Waals surface area contributed by atoms with Gasteiger partial charge in [-0.25, -0.2) is 0 Å². The smallest absolute Gasteiger partial charge is 0.233 e. The Hall–Kier alpha value is -3.94. The number of methoxy groups -OCH3 is 3. The van der Waals surface area contributed by atoms with Crippen molar-refractivity contribution in [2.45, 2.75) is 31.6 Å². The van der Waals surface area contributed by atoms with Crippen molar-refractivity contribution in [1.82, 2.24) is 5.16 Å². The second kappa shape index (κ2) is 8.44. The second-order valence-corrected chi connectivity index (χ2v) is 8.53. The molecular weight excluding hydrogens is 436 g/mol. The summed E-state index contributed by atoms with van der Waals surface area (Å²) in [5.41, 5.74) is 4.77. The van der Waals surface area contributed by atoms with Crippen LogP contribution in [0.15, 0.2) is 52.2 Å². The van der Waals surface area contributed by atoms with Crippen LogP contribution in [-0.2, 0) is 4.79 Å². The fraction of sp³-hybridized carbons (Fsp3) is 0.308. The number of nitrogens with one attached hydrogen (secondary N) is 1. The van der Waals surface area contributed by atoms with Gasteiger partial charge in [0.2, 0.25) is 5.88 Å². The van der Waals surface area contributed by atoms with Gasteiger partial charge in [-0.3, -0.25) is 4.79 Å². The molecule has 1 aromatic heterocycles. The van der Waals surface area contributed by atoms with E-state index in [1.165, 1.54) is 0 Å². The van der Waals surface area contributed by atoms with Crippen LogP contribution in [0, 0.1) is 6.92 Å². The molecule has 2 aromatic carbocycles. The van der Waals surface area contributed by atoms with Crippen molar-refractivity contribution in [2.24, 2.45) is 0 Å². The quantitative estimate of drug-likeness (QED) is 0.564. The molecule has 8 nitrogen and oxygen atoms in total. The molecule has 8 heteroatoms. The molecule has 0 fully saturated rings. The van der Waals surface area contributed by atoms with E-state index in [0.717, 1.165) is 22.4 Å². The lowest BCUT2D eigenvalue weighted by Gasteiger charge is -2.35. The monoisotopic (exact) mass is 462 g/mol. The lowest BCUT2D eigenvalue weighted by molar-refractivity contribution is -0.116. The molecule has 34 heavy (non-hydrogen) atoms. The highest BCUT2D eigenvalue weighted by Gasteiger charge is 2.42. The number of carbonyl (C=O) groups excluding carboxylic acids is 1. The number of nitrogens with zero attached hydrogens (tertiary/aromatic N) is 1. The minimum Gasteiger partial charge on any atom is -0.508 e. The zero-order chi connectivity index (χ0) is 24.0. The van der Waals surface area contributed by atoms with Crippen LogP contribution in [0.2, 0.25) is 0 Å². The molecule has 0 unspecified atom stereocenters. The zero-order valence-corrected chi connectivity index (χ0v) is 19.5. The first-order chi connectivity index (χ1) is 16.4. The van der Waals surface area contributed by atoms with E-state index in [-0.39, 0.29) is 17.5 Å². The minimum absolute atomic E-state index is 0.0159. The van der Waals surface area contributed by atoms with Gasteiger partial charge < -0.3 is 29.2 Å². The van der Waals surface area contributed by atoms with Crippen molar-refractivity contribution >= 4 is 11.7 Å². The van der Waals surface area contributed by atoms with E-state index < -0.39 is 5.92 Å². The Kier molecular flexibility index (Phi) is 5.43. The summed E-state index contributed by atoms with van der Waals surface area (Å²) in [5.74, 6) is 1.98. The summed E-state index contributed by atoms with van der Waals surface area (Å²) in [6.45, 7) is 1.86. The minimum atomic E-state index is -0.430. The number of fused-ring (bicyclic) bond motifs is 1. The van der Waals surface area contributed by atoms with E-state index in [9.17, 15) is 9.90 Å². The first-order valence-electron chi connectivity index (χ1n) is 11.0. The van der Waals surface area contributed by atoms with Crippen LogP contribution in [0.5, 0.6) is 23.0 Å². The van der Waals surface area contributed by atoms with Crippen LogP contribution in [0.4, 0.5) is 5.88 Å². The SMILES string of the molecule is COc1cc(OC)c([C@@H]2C3=C(C[C@@H](c4ccc(O)cc4)CC3=O)Nc3onc(C)c32)cc1OC. The van der Waals surface area contributed by atoms with Gasteiger partial charge in [-0.05, 0) is 43.0 Å². The fourth-order valence-corrected chi connectivity index (χ4v) is 5.04. The number of phenols is 1. The van der Waals surface area contributed by atoms with Crippen molar-refractivity contribution in [3.8, 4) is 23.0 Å². The molecule has 176 valence electrons. The van der Waals surface area contributed by atoms with Crippen LogP contribution < -0.4 is 19.5 Å². The highest BCUT2D eigenvalue weighted by atomic mass is 16.5. The summed E-state index contributed by atoms with van der Waals surface area (Å²) in [6, 6.07) is 10.6. The van der Waals surface area contributed by atoms with Gasteiger partial charge >= 0.3 is 0 Å². The molecule has 1 aliphatic heterocycles. The predicted molar refractivity (Wildman–Crippen MR) is 125 cm³/mol. The number of Topliss-reactive ketones (excluding diaryl/α,β-unsaturated/α-hetero) is 1. The van der Waals surface area contributed by atoms with E-state index in [4.69, 9.17) is 18.7 Å². The summed E-state index contributed by atoms with van der Waals surface area (Å²) < 4.78 is 22.4. The van der Waals surface area contributed by atoms with Gasteiger partial charge in [-0.2, -0.15) is 0 Å². The number of rotatable bonds is 5. The lowest BCUT2D eigenvalue weighted by atomic mass is 9.72. The maximum absolute atomic E-state index is 13.7. The standard InChI is InChI=1S/C26H26N2O6/c1-13-23-24(17-11-21(32-3)22(33-4)12-20(17)31-2)25-18(27-26(23)34-28-13)9-15(10-19(25)30)14-5-7-16(29)8-6-14/h5-8,11-12,15,24,27,29H,9-10H2,1-4H3/t15-,24+/m1/s1. The van der Waals surface area contributed by atoms with Crippen LogP contribution in [0.25, 0.3) is 0 Å². The molecular formula is C26H26N2O6. The maximum Gasteiger partial charge on any atom is 0.233 e. The first-order valence-corrected chi connectivity index (χ1v) is 11.0. The van der Waals surface area contributed by atoms with Crippen molar-refractivity contribution in [2.75, 3.05) is 26.6 Å². The second-order valence-electron chi connectivity index (χ2n) is 8.53. The number of carbonyl (C=O) groups is 1. The summed E-state index contributed by atoms with van der Waals surface area (Å²) >= 11 is 0. The zero-order valence-electron chi connectivity index (χ0n) is 19.5. The van der Waals surface area contributed by atoms with Gasteiger partial charge in [0.15, 0.2) is 17.3 Å². The van der Waals surface area contributed by atoms with Crippen molar-refractivity contribution in [3.05, 3.63) is 70.1 Å². The largest absolute Gasteiger partial charge is 0.508 e. The number of allylic oxidation sites excluding steroid dienone is 2. The molecule has 2 atom stereocenters. The van der Waals surface area contributed by atoms with Crippen molar-refractivity contribution in [1.29, 1.82) is 0 Å². The van der Waals surface area contributed by atoms with Crippen LogP contribution in [0.1, 0.15) is 47.1 Å². The van der Waals surface area contributed by atoms with E-state index in [0.29, 0.717) is 47.2 Å². The van der Waals surface area contributed by atoms with Crippen LogP contribution in [0.3, 0.4) is 0 Å². The number of aromatic nitrogens is 1. The first kappa shape index (κ1) is 21.9. The van der Waals surface area contributed by atoms with Gasteiger partial charge in [0.05, 0.1) is 38.5 Å². The Balaban J connectivity index is 1.67. The fourth-order valence-electron chi connectivity index (χ4n) is 5.04. The Morgan fingerprint density at radius 1 is 1.00 bits per heavy atom.